The smallest absolute Gasteiger partial charge is 0.0187 e. The number of hydrogen-bond acceptors (Lipinski definition) is 0. The molecule has 3 heteroatoms. The van der Waals surface area contributed by atoms with E-state index in [2.05, 4.69) is 104 Å². The van der Waals surface area contributed by atoms with Crippen molar-refractivity contribution in [2.45, 2.75) is 25.7 Å². The van der Waals surface area contributed by atoms with Crippen molar-refractivity contribution in [3.63, 3.8) is 0 Å². The van der Waals surface area contributed by atoms with Crippen LogP contribution in [-0.4, -0.2) is 10.7 Å². The van der Waals surface area contributed by atoms with Gasteiger partial charge < -0.3 is 0 Å². The van der Waals surface area contributed by atoms with E-state index in [9.17, 15) is 0 Å². The quantitative estimate of drug-likeness (QED) is 0.444. The molecule has 2 aromatic rings. The highest BCUT2D eigenvalue weighted by atomic mass is 79.9. The van der Waals surface area contributed by atoms with Gasteiger partial charge in [0.1, 0.15) is 0 Å². The van der Waals surface area contributed by atoms with Crippen molar-refractivity contribution in [2.24, 2.45) is 0 Å². The lowest BCUT2D eigenvalue weighted by Gasteiger charge is -2.31. The molecule has 0 aliphatic rings. The van der Waals surface area contributed by atoms with Gasteiger partial charge in [0.25, 0.3) is 0 Å². The Labute approximate surface area is 152 Å². The first-order valence-electron chi connectivity index (χ1n) is 6.94. The predicted octanol–water partition coefficient (Wildman–Crippen LogP) is 6.34. The summed E-state index contributed by atoms with van der Waals surface area (Å²) >= 11 is 11.0. The van der Waals surface area contributed by atoms with Crippen LogP contribution in [0.1, 0.15) is 22.3 Å². The van der Waals surface area contributed by atoms with Gasteiger partial charge in [-0.05, 0) is 43.5 Å². The predicted molar refractivity (Wildman–Crippen MR) is 103 cm³/mol. The molecule has 0 N–H and O–H groups in total. The summed E-state index contributed by atoms with van der Waals surface area (Å²) < 4.78 is 1.12. The summed E-state index contributed by atoms with van der Waals surface area (Å²) in [5.41, 5.74) is 5.49. The van der Waals surface area contributed by atoms with Crippen molar-refractivity contribution in [1.82, 2.24) is 0 Å². The molecule has 0 radical (unpaired) electrons. The number of hydrogen-bond donors (Lipinski definition) is 0. The van der Waals surface area contributed by atoms with Crippen molar-refractivity contribution in [3.05, 3.63) is 69.2 Å². The van der Waals surface area contributed by atoms with Gasteiger partial charge in [0, 0.05) is 20.5 Å². The molecule has 0 fully saturated rings. The van der Waals surface area contributed by atoms with Gasteiger partial charge in [-0.25, -0.2) is 0 Å². The average Bonchev–Trinajstić information content (AvgIpc) is 2.45. The van der Waals surface area contributed by atoms with E-state index in [0.29, 0.717) is 0 Å². The third kappa shape index (κ3) is 4.20. The van der Waals surface area contributed by atoms with E-state index in [0.717, 1.165) is 21.6 Å². The molecule has 21 heavy (non-hydrogen) atoms. The topological polar surface area (TPSA) is 0 Å². The number of halogens is 3. The molecule has 0 aromatic heterocycles. The fourth-order valence-electron chi connectivity index (χ4n) is 2.75. The first-order valence-corrected chi connectivity index (χ1v) is 9.98. The Balaban J connectivity index is 2.40. The molecule has 0 saturated carbocycles. The van der Waals surface area contributed by atoms with Crippen molar-refractivity contribution in [3.8, 4) is 0 Å². The van der Waals surface area contributed by atoms with Crippen LogP contribution in [0.3, 0.4) is 0 Å². The zero-order valence-corrected chi connectivity index (χ0v) is 17.1. The zero-order valence-electron chi connectivity index (χ0n) is 12.3. The number of aryl methyl sites for hydroxylation is 2. The Hall–Kier alpha value is -0.120. The third-order valence-electron chi connectivity index (χ3n) is 3.79. The molecule has 112 valence electrons. The van der Waals surface area contributed by atoms with Crippen LogP contribution < -0.4 is 0 Å². The fraction of sp³-hybridized carbons (Fsp3) is 0.333. The maximum Gasteiger partial charge on any atom is 0.0187 e. The Morgan fingerprint density at radius 3 is 1.86 bits per heavy atom. The summed E-state index contributed by atoms with van der Waals surface area (Å²) in [6.45, 7) is 4.33. The Bertz CT molecular complexity index is 578. The monoisotopic (exact) mass is 472 g/mol. The lowest BCUT2D eigenvalue weighted by molar-refractivity contribution is 0.550. The minimum absolute atomic E-state index is 0.0704. The molecule has 0 spiro atoms. The molecule has 0 aliphatic heterocycles. The van der Waals surface area contributed by atoms with E-state index in [1.54, 1.807) is 0 Å². The number of alkyl halides is 2. The van der Waals surface area contributed by atoms with Crippen LogP contribution in [0.2, 0.25) is 0 Å². The average molecular weight is 475 g/mol. The number of rotatable bonds is 5. The summed E-state index contributed by atoms with van der Waals surface area (Å²) in [5.74, 6) is 0. The van der Waals surface area contributed by atoms with E-state index in [4.69, 9.17) is 0 Å². The van der Waals surface area contributed by atoms with Crippen molar-refractivity contribution >= 4 is 47.8 Å². The summed E-state index contributed by atoms with van der Waals surface area (Å²) in [4.78, 5) is 0. The molecular weight excluding hydrogens is 456 g/mol. The Morgan fingerprint density at radius 1 is 0.857 bits per heavy atom. The van der Waals surface area contributed by atoms with Crippen LogP contribution in [-0.2, 0) is 11.8 Å². The maximum absolute atomic E-state index is 3.74. The van der Waals surface area contributed by atoms with E-state index in [1.165, 1.54) is 22.3 Å². The van der Waals surface area contributed by atoms with E-state index >= 15 is 0 Å². The van der Waals surface area contributed by atoms with Gasteiger partial charge >= 0.3 is 0 Å². The van der Waals surface area contributed by atoms with Gasteiger partial charge in [0.15, 0.2) is 0 Å². The Morgan fingerprint density at radius 2 is 1.38 bits per heavy atom. The molecule has 0 nitrogen and oxygen atoms in total. The summed E-state index contributed by atoms with van der Waals surface area (Å²) in [6, 6.07) is 15.5. The highest BCUT2D eigenvalue weighted by Crippen LogP contribution is 2.34. The molecule has 0 heterocycles. The van der Waals surface area contributed by atoms with E-state index in [-0.39, 0.29) is 5.41 Å². The first-order chi connectivity index (χ1) is 9.99. The second-order valence-corrected chi connectivity index (χ2v) is 7.76. The van der Waals surface area contributed by atoms with Crippen LogP contribution in [0.15, 0.2) is 46.9 Å². The van der Waals surface area contributed by atoms with Gasteiger partial charge in [0.2, 0.25) is 0 Å². The molecule has 0 aliphatic carbocycles. The molecule has 0 saturated heterocycles. The highest BCUT2D eigenvalue weighted by Gasteiger charge is 2.30. The summed E-state index contributed by atoms with van der Waals surface area (Å²) in [5, 5.41) is 1.86. The largest absolute Gasteiger partial charge is 0.0918 e. The highest BCUT2D eigenvalue weighted by molar-refractivity contribution is 9.10. The maximum atomic E-state index is 3.74. The van der Waals surface area contributed by atoms with Crippen LogP contribution in [0.25, 0.3) is 0 Å². The van der Waals surface area contributed by atoms with Gasteiger partial charge in [-0.1, -0.05) is 89.2 Å². The molecule has 0 unspecified atom stereocenters. The molecule has 2 rings (SSSR count). The van der Waals surface area contributed by atoms with Crippen LogP contribution in [0.4, 0.5) is 0 Å². The van der Waals surface area contributed by atoms with Crippen molar-refractivity contribution in [1.29, 1.82) is 0 Å². The number of benzene rings is 2. The van der Waals surface area contributed by atoms with Crippen molar-refractivity contribution < 1.29 is 0 Å². The van der Waals surface area contributed by atoms with Crippen LogP contribution >= 0.6 is 47.8 Å². The first kappa shape index (κ1) is 17.2. The van der Waals surface area contributed by atoms with Gasteiger partial charge in [-0.3, -0.25) is 0 Å². The fourth-order valence-corrected chi connectivity index (χ4v) is 4.99. The van der Waals surface area contributed by atoms with Crippen LogP contribution in [0, 0.1) is 13.8 Å². The summed E-state index contributed by atoms with van der Waals surface area (Å²) in [6.07, 6.45) is 1.02. The Kier molecular flexibility index (Phi) is 6.10. The standard InChI is InChI=1S/C18H19Br3/c1-13-7-14(2)9-15(8-13)10-18(11-19,12-20)16-3-5-17(21)6-4-16/h3-9H,10-12H2,1-2H3. The molecule has 0 atom stereocenters. The molecule has 0 bridgehead atoms. The molecule has 0 amide bonds. The van der Waals surface area contributed by atoms with Crippen molar-refractivity contribution in [2.75, 3.05) is 10.7 Å². The van der Waals surface area contributed by atoms with Gasteiger partial charge in [-0.15, -0.1) is 0 Å². The molecular formula is C18H19Br3. The van der Waals surface area contributed by atoms with E-state index in [1.807, 2.05) is 0 Å². The second kappa shape index (κ2) is 7.43. The molecule has 2 aromatic carbocycles. The van der Waals surface area contributed by atoms with Crippen LogP contribution in [0.5, 0.6) is 0 Å². The normalized spacial score (nSPS) is 11.7. The zero-order chi connectivity index (χ0) is 15.5. The lowest BCUT2D eigenvalue weighted by Crippen LogP contribution is -2.33. The minimum Gasteiger partial charge on any atom is -0.0918 e. The SMILES string of the molecule is Cc1cc(C)cc(CC(CBr)(CBr)c2ccc(Br)cc2)c1. The lowest BCUT2D eigenvalue weighted by atomic mass is 9.78. The second-order valence-electron chi connectivity index (χ2n) is 5.73. The van der Waals surface area contributed by atoms with Gasteiger partial charge in [-0.2, -0.15) is 0 Å². The van der Waals surface area contributed by atoms with E-state index < -0.39 is 0 Å². The minimum atomic E-state index is 0.0704. The third-order valence-corrected chi connectivity index (χ3v) is 6.47. The summed E-state index contributed by atoms with van der Waals surface area (Å²) in [7, 11) is 0. The van der Waals surface area contributed by atoms with Gasteiger partial charge in [0.05, 0.1) is 0 Å².